The smallest absolute Gasteiger partial charge is 0.307 e. The number of hydrogen-bond acceptors (Lipinski definition) is 8. The number of aryl methyl sites for hydroxylation is 1. The second-order valence-electron chi connectivity index (χ2n) is 11.3. The highest BCUT2D eigenvalue weighted by molar-refractivity contribution is 7.92. The summed E-state index contributed by atoms with van der Waals surface area (Å²) in [6.45, 7) is 11.7. The Labute approximate surface area is 241 Å². The van der Waals surface area contributed by atoms with Crippen molar-refractivity contribution in [3.05, 3.63) is 53.9 Å². The predicted octanol–water partition coefficient (Wildman–Crippen LogP) is 5.35. The van der Waals surface area contributed by atoms with Gasteiger partial charge in [-0.25, -0.2) is 13.4 Å². The molecule has 0 radical (unpaired) electrons. The van der Waals surface area contributed by atoms with E-state index in [2.05, 4.69) is 56.6 Å². The lowest BCUT2D eigenvalue weighted by atomic mass is 9.86. The van der Waals surface area contributed by atoms with Gasteiger partial charge in [-0.3, -0.25) is 4.98 Å². The van der Waals surface area contributed by atoms with Gasteiger partial charge in [0.15, 0.2) is 22.0 Å². The number of benzene rings is 2. The zero-order chi connectivity index (χ0) is 29.3. The van der Waals surface area contributed by atoms with Crippen LogP contribution in [0, 0.1) is 6.92 Å². The molecule has 2 aromatic carbocycles. The van der Waals surface area contributed by atoms with Gasteiger partial charge in [0.25, 0.3) is 0 Å². The molecule has 5 rings (SSSR count). The van der Waals surface area contributed by atoms with Crippen molar-refractivity contribution in [3.63, 3.8) is 0 Å². The van der Waals surface area contributed by atoms with Crippen LogP contribution in [0.5, 0.6) is 5.75 Å². The summed E-state index contributed by atoms with van der Waals surface area (Å²) in [6.07, 6.45) is 3.90. The lowest BCUT2D eigenvalue weighted by molar-refractivity contribution is -0.347. The van der Waals surface area contributed by atoms with Crippen LogP contribution in [0.1, 0.15) is 57.6 Å². The molecule has 0 saturated carbocycles. The molecule has 3 heterocycles. The van der Waals surface area contributed by atoms with E-state index < -0.39 is 15.1 Å². The van der Waals surface area contributed by atoms with Crippen LogP contribution < -0.4 is 20.4 Å². The highest BCUT2D eigenvalue weighted by Crippen LogP contribution is 2.38. The van der Waals surface area contributed by atoms with Crippen LogP contribution in [0.15, 0.2) is 47.6 Å². The van der Waals surface area contributed by atoms with E-state index in [1.807, 2.05) is 13.8 Å². The van der Waals surface area contributed by atoms with Crippen molar-refractivity contribution in [2.24, 2.45) is 0 Å². The van der Waals surface area contributed by atoms with E-state index in [1.54, 1.807) is 44.4 Å². The molecule has 1 fully saturated rings. The minimum absolute atomic E-state index is 0.0124. The van der Waals surface area contributed by atoms with Gasteiger partial charge in [0.05, 0.1) is 27.6 Å². The number of aromatic amines is 2. The van der Waals surface area contributed by atoms with Crippen molar-refractivity contribution < 1.29 is 18.1 Å². The summed E-state index contributed by atoms with van der Waals surface area (Å²) >= 11 is 0. The van der Waals surface area contributed by atoms with Gasteiger partial charge >= 0.3 is 11.6 Å². The van der Waals surface area contributed by atoms with Crippen molar-refractivity contribution in [1.82, 2.24) is 19.9 Å². The quantitative estimate of drug-likeness (QED) is 0.243. The van der Waals surface area contributed by atoms with Crippen molar-refractivity contribution >= 4 is 44.1 Å². The molecule has 0 atom stereocenters. The lowest BCUT2D eigenvalue weighted by Gasteiger charge is -2.30. The molecule has 1 aliphatic heterocycles. The first-order chi connectivity index (χ1) is 19.5. The SMILES string of the molecule is Cc1cc(Nc2nc(Nc3ccccc3S(=O)(=O)C(C)C)c3[nH]c[nH+]c3n2)c(OC(C)C)cc1C1CCN(C)CC1. The Morgan fingerprint density at radius 3 is 2.49 bits per heavy atom. The van der Waals surface area contributed by atoms with Crippen molar-refractivity contribution in [2.45, 2.75) is 69.6 Å². The summed E-state index contributed by atoms with van der Waals surface area (Å²) in [5.74, 6) is 2.04. The lowest BCUT2D eigenvalue weighted by Crippen LogP contribution is -2.29. The van der Waals surface area contributed by atoms with E-state index in [4.69, 9.17) is 9.72 Å². The van der Waals surface area contributed by atoms with Crippen molar-refractivity contribution in [2.75, 3.05) is 30.8 Å². The summed E-state index contributed by atoms with van der Waals surface area (Å²) < 4.78 is 32.4. The fraction of sp³-hybridized carbons (Fsp3) is 0.433. The predicted molar refractivity (Wildman–Crippen MR) is 162 cm³/mol. The van der Waals surface area contributed by atoms with Crippen LogP contribution in [-0.4, -0.2) is 59.8 Å². The van der Waals surface area contributed by atoms with Gasteiger partial charge in [0.1, 0.15) is 5.75 Å². The molecule has 0 amide bonds. The van der Waals surface area contributed by atoms with Gasteiger partial charge in [0.2, 0.25) is 5.52 Å². The van der Waals surface area contributed by atoms with Crippen LogP contribution in [0.2, 0.25) is 0 Å². The normalized spacial score (nSPS) is 15.1. The average molecular weight is 579 g/mol. The monoisotopic (exact) mass is 578 g/mol. The Morgan fingerprint density at radius 1 is 1.05 bits per heavy atom. The number of aromatic nitrogens is 4. The van der Waals surface area contributed by atoms with Gasteiger partial charge in [0, 0.05) is 0 Å². The molecule has 0 bridgehead atoms. The third kappa shape index (κ3) is 6.15. The fourth-order valence-corrected chi connectivity index (χ4v) is 6.46. The van der Waals surface area contributed by atoms with Crippen LogP contribution in [0.4, 0.5) is 23.1 Å². The highest BCUT2D eigenvalue weighted by Gasteiger charge is 2.26. The first-order valence-electron chi connectivity index (χ1n) is 14.2. The molecule has 0 spiro atoms. The second-order valence-corrected chi connectivity index (χ2v) is 13.8. The zero-order valence-electron chi connectivity index (χ0n) is 24.6. The Hall–Kier alpha value is -3.70. The van der Waals surface area contributed by atoms with E-state index in [-0.39, 0.29) is 11.0 Å². The Morgan fingerprint density at radius 2 is 1.78 bits per heavy atom. The number of anilines is 4. The molecule has 0 unspecified atom stereocenters. The molecule has 11 heteroatoms. The second kappa shape index (κ2) is 11.7. The maximum absolute atomic E-state index is 13.1. The van der Waals surface area contributed by atoms with Gasteiger partial charge in [-0.15, -0.1) is 0 Å². The van der Waals surface area contributed by atoms with E-state index in [1.165, 1.54) is 11.1 Å². The number of hydrogen-bond donors (Lipinski definition) is 3. The molecule has 2 aromatic heterocycles. The standard InChI is InChI=1S/C30H39N7O3S/c1-18(2)40-25-16-22(21-11-13-37(6)14-12-21)20(5)15-24(25)34-30-35-28-27(31-17-32-28)29(36-30)33-23-9-7-8-10-26(23)41(38,39)19(3)4/h7-10,15-19,21H,11-14H2,1-6H3,(H3,31,32,33,34,35,36)/p+1. The maximum Gasteiger partial charge on any atom is 0.307 e. The number of piperidine rings is 1. The number of nitrogens with one attached hydrogen (secondary N) is 4. The van der Waals surface area contributed by atoms with E-state index in [0.717, 1.165) is 37.4 Å². The Kier molecular flexibility index (Phi) is 8.19. The number of imidazole rings is 1. The van der Waals surface area contributed by atoms with Gasteiger partial charge in [-0.05, 0) is 109 Å². The first-order valence-corrected chi connectivity index (χ1v) is 15.7. The van der Waals surface area contributed by atoms with Gasteiger partial charge in [-0.1, -0.05) is 17.1 Å². The summed E-state index contributed by atoms with van der Waals surface area (Å²) in [5.41, 5.74) is 4.93. The number of para-hydroxylation sites is 1. The zero-order valence-corrected chi connectivity index (χ0v) is 25.4. The average Bonchev–Trinajstić information content (AvgIpc) is 3.40. The van der Waals surface area contributed by atoms with E-state index in [9.17, 15) is 8.42 Å². The number of fused-ring (bicyclic) bond motifs is 1. The summed E-state index contributed by atoms with van der Waals surface area (Å²) in [6, 6.07) is 11.1. The number of nitrogens with zero attached hydrogens (tertiary/aromatic N) is 3. The van der Waals surface area contributed by atoms with Crippen LogP contribution >= 0.6 is 0 Å². The fourth-order valence-electron chi connectivity index (χ4n) is 5.26. The molecule has 4 aromatic rings. The molecular formula is C30H40N7O3S+. The molecule has 41 heavy (non-hydrogen) atoms. The molecule has 1 aliphatic rings. The number of likely N-dealkylation sites (tertiary alicyclic amines) is 1. The largest absolute Gasteiger partial charge is 0.489 e. The van der Waals surface area contributed by atoms with Crippen LogP contribution in [-0.2, 0) is 9.84 Å². The first kappa shape index (κ1) is 28.8. The van der Waals surface area contributed by atoms with E-state index in [0.29, 0.717) is 34.5 Å². The third-order valence-electron chi connectivity index (χ3n) is 7.54. The summed E-state index contributed by atoms with van der Waals surface area (Å²) in [7, 11) is -1.35. The topological polar surface area (TPSA) is 126 Å². The number of rotatable bonds is 9. The van der Waals surface area contributed by atoms with Crippen molar-refractivity contribution in [1.29, 1.82) is 0 Å². The van der Waals surface area contributed by atoms with Crippen LogP contribution in [0.3, 0.4) is 0 Å². The number of sulfone groups is 1. The molecule has 218 valence electrons. The summed E-state index contributed by atoms with van der Waals surface area (Å²) in [5, 5.41) is 6.06. The number of H-pyrrole nitrogens is 2. The molecule has 0 aliphatic carbocycles. The minimum atomic E-state index is -3.52. The number of ether oxygens (including phenoxy) is 1. The minimum Gasteiger partial charge on any atom is -0.489 e. The maximum atomic E-state index is 13.1. The van der Waals surface area contributed by atoms with Crippen LogP contribution in [0.25, 0.3) is 11.2 Å². The Balaban J connectivity index is 1.52. The highest BCUT2D eigenvalue weighted by atomic mass is 32.2. The third-order valence-corrected chi connectivity index (χ3v) is 9.75. The van der Waals surface area contributed by atoms with Crippen molar-refractivity contribution in [3.8, 4) is 5.75 Å². The summed E-state index contributed by atoms with van der Waals surface area (Å²) in [4.78, 5) is 18.3. The van der Waals surface area contributed by atoms with Gasteiger partial charge < -0.3 is 20.3 Å². The molecule has 10 nitrogen and oxygen atoms in total. The molecule has 4 N–H and O–H groups in total. The molecule has 1 saturated heterocycles. The Bertz CT molecular complexity index is 1640. The van der Waals surface area contributed by atoms with E-state index >= 15 is 0 Å². The molecular weight excluding hydrogens is 538 g/mol. The van der Waals surface area contributed by atoms with Gasteiger partial charge in [-0.2, -0.15) is 4.98 Å².